The van der Waals surface area contributed by atoms with Crippen LogP contribution in [0.3, 0.4) is 0 Å². The molecule has 0 saturated heterocycles. The molecule has 1 amide bonds. The number of halogens is 3. The fourth-order valence-corrected chi connectivity index (χ4v) is 4.29. The zero-order valence-electron chi connectivity index (χ0n) is 17.7. The lowest BCUT2D eigenvalue weighted by Gasteiger charge is -2.19. The molecule has 0 spiro atoms. The highest BCUT2D eigenvalue weighted by molar-refractivity contribution is 7.89. The molecule has 0 bridgehead atoms. The van der Waals surface area contributed by atoms with Crippen LogP contribution in [0.25, 0.3) is 0 Å². The van der Waals surface area contributed by atoms with Gasteiger partial charge in [-0.1, -0.05) is 13.8 Å². The minimum Gasteiger partial charge on any atom is -0.495 e. The van der Waals surface area contributed by atoms with Gasteiger partial charge >= 0.3 is 6.36 Å². The summed E-state index contributed by atoms with van der Waals surface area (Å²) in [6, 6.07) is 9.02. The van der Waals surface area contributed by atoms with Crippen molar-refractivity contribution in [2.75, 3.05) is 37.4 Å². The zero-order valence-corrected chi connectivity index (χ0v) is 18.5. The van der Waals surface area contributed by atoms with Gasteiger partial charge in [-0.15, -0.1) is 13.2 Å². The Labute approximate surface area is 184 Å². The number of methoxy groups -OCH3 is 1. The highest BCUT2D eigenvalue weighted by Gasteiger charge is 2.31. The Bertz CT molecular complexity index is 1020. The molecule has 0 unspecified atom stereocenters. The van der Waals surface area contributed by atoms with E-state index in [-0.39, 0.29) is 28.6 Å². The average Bonchev–Trinajstić information content (AvgIpc) is 2.72. The third-order valence-corrected chi connectivity index (χ3v) is 6.38. The number of sulfonamides is 1. The quantitative estimate of drug-likeness (QED) is 0.544. The molecule has 0 aromatic heterocycles. The van der Waals surface area contributed by atoms with Gasteiger partial charge in [0.25, 0.3) is 0 Å². The lowest BCUT2D eigenvalue weighted by Crippen LogP contribution is -2.30. The van der Waals surface area contributed by atoms with E-state index in [9.17, 15) is 26.4 Å². The Morgan fingerprint density at radius 3 is 2.22 bits per heavy atom. The monoisotopic (exact) mass is 475 g/mol. The van der Waals surface area contributed by atoms with E-state index in [1.54, 1.807) is 13.8 Å². The second-order valence-corrected chi connectivity index (χ2v) is 8.36. The van der Waals surface area contributed by atoms with E-state index in [2.05, 4.69) is 15.4 Å². The normalized spacial score (nSPS) is 11.8. The first kappa shape index (κ1) is 25.3. The number of hydrogen-bond acceptors (Lipinski definition) is 6. The molecule has 0 fully saturated rings. The SMILES string of the molecule is CCN(CC)S(=O)(=O)c1ccc(OC)c(NC(=O)CNc2ccc(OC(F)(F)F)cc2)c1. The summed E-state index contributed by atoms with van der Waals surface area (Å²) in [5.41, 5.74) is 0.556. The Hall–Kier alpha value is -2.99. The minimum atomic E-state index is -4.79. The molecular weight excluding hydrogens is 451 g/mol. The molecule has 12 heteroatoms. The van der Waals surface area contributed by atoms with Crippen molar-refractivity contribution in [3.8, 4) is 11.5 Å². The Morgan fingerprint density at radius 1 is 1.06 bits per heavy atom. The minimum absolute atomic E-state index is 0.00510. The zero-order chi connectivity index (χ0) is 23.9. The van der Waals surface area contributed by atoms with Crippen LogP contribution in [0.4, 0.5) is 24.5 Å². The van der Waals surface area contributed by atoms with E-state index < -0.39 is 22.3 Å². The van der Waals surface area contributed by atoms with Crippen LogP contribution in [0.2, 0.25) is 0 Å². The number of benzene rings is 2. The number of nitrogens with zero attached hydrogens (tertiary/aromatic N) is 1. The average molecular weight is 475 g/mol. The molecule has 0 atom stereocenters. The van der Waals surface area contributed by atoms with Gasteiger partial charge in [-0.2, -0.15) is 4.31 Å². The summed E-state index contributed by atoms with van der Waals surface area (Å²) in [6.45, 7) is 3.81. The van der Waals surface area contributed by atoms with Gasteiger partial charge in [0.2, 0.25) is 15.9 Å². The first-order valence-corrected chi connectivity index (χ1v) is 11.0. The van der Waals surface area contributed by atoms with Crippen molar-refractivity contribution in [2.24, 2.45) is 0 Å². The van der Waals surface area contributed by atoms with Gasteiger partial charge < -0.3 is 20.1 Å². The Balaban J connectivity index is 2.09. The Morgan fingerprint density at radius 2 is 1.69 bits per heavy atom. The summed E-state index contributed by atoms with van der Waals surface area (Å²) in [6.07, 6.45) is -4.79. The van der Waals surface area contributed by atoms with Gasteiger partial charge in [0.15, 0.2) is 0 Å². The van der Waals surface area contributed by atoms with Gasteiger partial charge in [0.05, 0.1) is 24.2 Å². The van der Waals surface area contributed by atoms with Crippen LogP contribution in [0.5, 0.6) is 11.5 Å². The number of nitrogens with one attached hydrogen (secondary N) is 2. The fraction of sp³-hybridized carbons (Fsp3) is 0.350. The summed E-state index contributed by atoms with van der Waals surface area (Å²) in [7, 11) is -2.36. The van der Waals surface area contributed by atoms with Crippen LogP contribution < -0.4 is 20.1 Å². The second-order valence-electron chi connectivity index (χ2n) is 6.43. The molecule has 2 rings (SSSR count). The van der Waals surface area contributed by atoms with Gasteiger partial charge in [0, 0.05) is 18.8 Å². The topological polar surface area (TPSA) is 97.0 Å². The van der Waals surface area contributed by atoms with E-state index >= 15 is 0 Å². The summed E-state index contributed by atoms with van der Waals surface area (Å²) in [5.74, 6) is -0.634. The number of ether oxygens (including phenoxy) is 2. The highest BCUT2D eigenvalue weighted by Crippen LogP contribution is 2.29. The molecule has 0 radical (unpaired) electrons. The molecule has 0 aliphatic heterocycles. The lowest BCUT2D eigenvalue weighted by atomic mass is 10.3. The maximum Gasteiger partial charge on any atom is 0.573 e. The smallest absolute Gasteiger partial charge is 0.495 e. The van der Waals surface area contributed by atoms with Crippen LogP contribution in [-0.4, -0.2) is 51.7 Å². The molecule has 2 N–H and O–H groups in total. The van der Waals surface area contributed by atoms with Gasteiger partial charge in [0.1, 0.15) is 11.5 Å². The van der Waals surface area contributed by atoms with Crippen molar-refractivity contribution in [1.82, 2.24) is 4.31 Å². The van der Waals surface area contributed by atoms with Crippen molar-refractivity contribution >= 4 is 27.3 Å². The number of rotatable bonds is 10. The molecule has 0 aliphatic carbocycles. The van der Waals surface area contributed by atoms with E-state index in [1.165, 1.54) is 41.7 Å². The van der Waals surface area contributed by atoms with Crippen LogP contribution in [0.1, 0.15) is 13.8 Å². The number of amides is 1. The fourth-order valence-electron chi connectivity index (χ4n) is 2.81. The standard InChI is InChI=1S/C20H24F3N3O5S/c1-4-26(5-2)32(28,29)16-10-11-18(30-3)17(12-16)25-19(27)13-24-14-6-8-15(9-7-14)31-20(21,22)23/h6-12,24H,4-5,13H2,1-3H3,(H,25,27). The second kappa shape index (κ2) is 10.6. The van der Waals surface area contributed by atoms with E-state index in [1.807, 2.05) is 0 Å². The summed E-state index contributed by atoms with van der Waals surface area (Å²) in [4.78, 5) is 12.4. The van der Waals surface area contributed by atoms with Crippen LogP contribution >= 0.6 is 0 Å². The summed E-state index contributed by atoms with van der Waals surface area (Å²) < 4.78 is 72.4. The predicted octanol–water partition coefficient (Wildman–Crippen LogP) is 3.67. The number of hydrogen-bond donors (Lipinski definition) is 2. The van der Waals surface area contributed by atoms with E-state index in [0.29, 0.717) is 18.8 Å². The van der Waals surface area contributed by atoms with Gasteiger partial charge in [-0.25, -0.2) is 8.42 Å². The molecule has 0 saturated carbocycles. The first-order chi connectivity index (χ1) is 15.0. The number of alkyl halides is 3. The van der Waals surface area contributed by atoms with Crippen LogP contribution in [0, 0.1) is 0 Å². The van der Waals surface area contributed by atoms with Crippen molar-refractivity contribution < 1.29 is 35.9 Å². The molecule has 2 aromatic rings. The molecule has 0 aliphatic rings. The highest BCUT2D eigenvalue weighted by atomic mass is 32.2. The third-order valence-electron chi connectivity index (χ3n) is 4.33. The summed E-state index contributed by atoms with van der Waals surface area (Å²) >= 11 is 0. The maximum atomic E-state index is 12.7. The van der Waals surface area contributed by atoms with Gasteiger partial charge in [-0.05, 0) is 42.5 Å². The first-order valence-electron chi connectivity index (χ1n) is 9.57. The molecule has 176 valence electrons. The number of carbonyl (C=O) groups excluding carboxylic acids is 1. The maximum absolute atomic E-state index is 12.7. The molecular formula is C20H24F3N3O5S. The van der Waals surface area contributed by atoms with E-state index in [4.69, 9.17) is 4.74 Å². The molecule has 8 nitrogen and oxygen atoms in total. The molecule has 0 heterocycles. The van der Waals surface area contributed by atoms with Crippen molar-refractivity contribution in [1.29, 1.82) is 0 Å². The lowest BCUT2D eigenvalue weighted by molar-refractivity contribution is -0.274. The summed E-state index contributed by atoms with van der Waals surface area (Å²) in [5, 5.41) is 5.34. The molecule has 32 heavy (non-hydrogen) atoms. The van der Waals surface area contributed by atoms with Crippen molar-refractivity contribution in [3.63, 3.8) is 0 Å². The van der Waals surface area contributed by atoms with Crippen molar-refractivity contribution in [3.05, 3.63) is 42.5 Å². The third kappa shape index (κ3) is 6.76. The largest absolute Gasteiger partial charge is 0.573 e. The van der Waals surface area contributed by atoms with Crippen LogP contribution in [-0.2, 0) is 14.8 Å². The van der Waals surface area contributed by atoms with Crippen molar-refractivity contribution in [2.45, 2.75) is 25.1 Å². The molecule has 2 aromatic carbocycles. The van der Waals surface area contributed by atoms with E-state index in [0.717, 1.165) is 12.1 Å². The number of anilines is 2. The van der Waals surface area contributed by atoms with Crippen LogP contribution in [0.15, 0.2) is 47.4 Å². The predicted molar refractivity (Wildman–Crippen MR) is 113 cm³/mol. The number of carbonyl (C=O) groups is 1. The Kier molecular flexibility index (Phi) is 8.33. The van der Waals surface area contributed by atoms with Gasteiger partial charge in [-0.3, -0.25) is 4.79 Å².